The van der Waals surface area contributed by atoms with E-state index in [0.29, 0.717) is 0 Å². The molecule has 0 bridgehead atoms. The van der Waals surface area contributed by atoms with Gasteiger partial charge in [0.15, 0.2) is 0 Å². The molecule has 1 rings (SSSR count). The Hall–Kier alpha value is -0.280. The third-order valence-electron chi connectivity index (χ3n) is 2.63. The molecule has 0 aliphatic rings. The smallest absolute Gasteiger partial charge is 0.122 e. The minimum Gasteiger partial charge on any atom is -0.496 e. The first kappa shape index (κ1) is 13.8. The van der Waals surface area contributed by atoms with Crippen molar-refractivity contribution in [2.45, 2.75) is 13.3 Å². The molecule has 0 heterocycles. The summed E-state index contributed by atoms with van der Waals surface area (Å²) in [5.41, 5.74) is 1.24. The summed E-state index contributed by atoms with van der Waals surface area (Å²) in [5.74, 6) is 0.928. The third-order valence-corrected chi connectivity index (χ3v) is 4.41. The van der Waals surface area contributed by atoms with Gasteiger partial charge in [-0.3, -0.25) is 0 Å². The molecule has 0 aliphatic carbocycles. The second-order valence-corrected chi connectivity index (χ2v) is 5.60. The molecule has 0 aliphatic heterocycles. The Morgan fingerprint density at radius 1 is 1.50 bits per heavy atom. The minimum absolute atomic E-state index is 0.0497. The zero-order valence-electron chi connectivity index (χ0n) is 9.59. The van der Waals surface area contributed by atoms with E-state index in [9.17, 15) is 0 Å². The van der Waals surface area contributed by atoms with Crippen LogP contribution < -0.4 is 4.74 Å². The molecule has 0 fully saturated rings. The number of hydrogen-bond acceptors (Lipinski definition) is 1. The first-order chi connectivity index (χ1) is 7.54. The summed E-state index contributed by atoms with van der Waals surface area (Å²) in [6.45, 7) is 6.07. The number of ether oxygens (including phenoxy) is 1. The van der Waals surface area contributed by atoms with E-state index in [1.165, 1.54) is 5.56 Å². The maximum absolute atomic E-state index is 5.36. The number of halogens is 2. The van der Waals surface area contributed by atoms with E-state index < -0.39 is 0 Å². The summed E-state index contributed by atoms with van der Waals surface area (Å²) >= 11 is 7.01. The molecule has 0 amide bonds. The van der Waals surface area contributed by atoms with Gasteiger partial charge in [-0.15, -0.1) is 6.58 Å². The van der Waals surface area contributed by atoms with Crippen molar-refractivity contribution in [1.29, 1.82) is 0 Å². The molecule has 16 heavy (non-hydrogen) atoms. The van der Waals surface area contributed by atoms with Crippen LogP contribution in [0.15, 0.2) is 35.3 Å². The molecule has 0 saturated heterocycles. The third kappa shape index (κ3) is 3.36. The first-order valence-corrected chi connectivity index (χ1v) is 6.98. The normalized spacial score (nSPS) is 14.2. The van der Waals surface area contributed by atoms with Crippen molar-refractivity contribution in [2.24, 2.45) is 5.41 Å². The van der Waals surface area contributed by atoms with Gasteiger partial charge in [0.25, 0.3) is 0 Å². The number of methoxy groups -OCH3 is 1. The lowest BCUT2D eigenvalue weighted by atomic mass is 9.85. The molecule has 1 aromatic rings. The maximum Gasteiger partial charge on any atom is 0.122 e. The van der Waals surface area contributed by atoms with Crippen LogP contribution in [0, 0.1) is 5.41 Å². The van der Waals surface area contributed by atoms with E-state index in [-0.39, 0.29) is 5.41 Å². The van der Waals surface area contributed by atoms with Crippen LogP contribution in [-0.2, 0) is 6.42 Å². The molecule has 88 valence electrons. The molecule has 1 atom stereocenters. The predicted octanol–water partition coefficient (Wildman–Crippen LogP) is 4.59. The van der Waals surface area contributed by atoms with Gasteiger partial charge in [-0.05, 0) is 35.6 Å². The number of rotatable bonds is 5. The van der Waals surface area contributed by atoms with E-state index in [0.717, 1.165) is 22.0 Å². The molecule has 3 heteroatoms. The Kier molecular flexibility index (Phi) is 5.06. The highest BCUT2D eigenvalue weighted by Gasteiger charge is 2.21. The van der Waals surface area contributed by atoms with Crippen molar-refractivity contribution in [3.63, 3.8) is 0 Å². The van der Waals surface area contributed by atoms with E-state index >= 15 is 0 Å². The van der Waals surface area contributed by atoms with Crippen molar-refractivity contribution < 1.29 is 4.74 Å². The summed E-state index contributed by atoms with van der Waals surface area (Å²) in [4.78, 5) is 0. The fraction of sp³-hybridized carbons (Fsp3) is 0.385. The Morgan fingerprint density at radius 2 is 2.19 bits per heavy atom. The zero-order valence-corrected chi connectivity index (χ0v) is 12.8. The Balaban J connectivity index is 3.03. The van der Waals surface area contributed by atoms with Gasteiger partial charge >= 0.3 is 0 Å². The van der Waals surface area contributed by atoms with Crippen LogP contribution in [0.2, 0.25) is 0 Å². The molecule has 0 N–H and O–H groups in total. The fourth-order valence-electron chi connectivity index (χ4n) is 1.49. The highest BCUT2D eigenvalue weighted by molar-refractivity contribution is 9.10. The lowest BCUT2D eigenvalue weighted by Crippen LogP contribution is -2.18. The Bertz CT molecular complexity index is 376. The van der Waals surface area contributed by atoms with Crippen LogP contribution >= 0.6 is 31.9 Å². The summed E-state index contributed by atoms with van der Waals surface area (Å²) in [7, 11) is 1.70. The van der Waals surface area contributed by atoms with Crippen molar-refractivity contribution in [3.05, 3.63) is 40.9 Å². The number of hydrogen-bond donors (Lipinski definition) is 0. The van der Waals surface area contributed by atoms with Gasteiger partial charge < -0.3 is 4.74 Å². The summed E-state index contributed by atoms with van der Waals surface area (Å²) in [6.07, 6.45) is 2.90. The van der Waals surface area contributed by atoms with Gasteiger partial charge in [-0.25, -0.2) is 0 Å². The molecular weight excluding hydrogens is 332 g/mol. The van der Waals surface area contributed by atoms with Gasteiger partial charge in [0.05, 0.1) is 7.11 Å². The van der Waals surface area contributed by atoms with Crippen LogP contribution in [0.5, 0.6) is 5.75 Å². The SMILES string of the molecule is C=CC(C)(CBr)Cc1cc(Br)ccc1OC. The molecule has 1 nitrogen and oxygen atoms in total. The standard InChI is InChI=1S/C13H16Br2O/c1-4-13(2,9-14)8-10-7-11(15)5-6-12(10)16-3/h4-7H,1,8-9H2,2-3H3. The topological polar surface area (TPSA) is 9.23 Å². The van der Waals surface area contributed by atoms with Gasteiger partial charge in [0, 0.05) is 9.80 Å². The summed E-state index contributed by atoms with van der Waals surface area (Å²) in [6, 6.07) is 6.07. The van der Waals surface area contributed by atoms with Crippen molar-refractivity contribution in [2.75, 3.05) is 12.4 Å². The van der Waals surface area contributed by atoms with Gasteiger partial charge in [-0.1, -0.05) is 44.9 Å². The number of allylic oxidation sites excluding steroid dienone is 1. The van der Waals surface area contributed by atoms with E-state index in [2.05, 4.69) is 51.4 Å². The minimum atomic E-state index is 0.0497. The van der Waals surface area contributed by atoms with Crippen molar-refractivity contribution in [1.82, 2.24) is 0 Å². The highest BCUT2D eigenvalue weighted by Crippen LogP contribution is 2.32. The number of alkyl halides is 1. The predicted molar refractivity (Wildman–Crippen MR) is 76.5 cm³/mol. The monoisotopic (exact) mass is 346 g/mol. The first-order valence-electron chi connectivity index (χ1n) is 5.06. The van der Waals surface area contributed by atoms with Crippen LogP contribution in [0.1, 0.15) is 12.5 Å². The molecule has 1 aromatic carbocycles. The maximum atomic E-state index is 5.36. The fourth-order valence-corrected chi connectivity index (χ4v) is 2.33. The van der Waals surface area contributed by atoms with Crippen LogP contribution in [0.25, 0.3) is 0 Å². The second kappa shape index (κ2) is 5.87. The summed E-state index contributed by atoms with van der Waals surface area (Å²) < 4.78 is 6.44. The second-order valence-electron chi connectivity index (χ2n) is 4.12. The van der Waals surface area contributed by atoms with Crippen LogP contribution in [0.3, 0.4) is 0 Å². The lowest BCUT2D eigenvalue weighted by molar-refractivity contribution is 0.399. The van der Waals surface area contributed by atoms with Gasteiger partial charge in [0.2, 0.25) is 0 Å². The molecule has 1 unspecified atom stereocenters. The highest BCUT2D eigenvalue weighted by atomic mass is 79.9. The van der Waals surface area contributed by atoms with Gasteiger partial charge in [-0.2, -0.15) is 0 Å². The lowest BCUT2D eigenvalue weighted by Gasteiger charge is -2.24. The summed E-state index contributed by atoms with van der Waals surface area (Å²) in [5, 5.41) is 0.888. The Morgan fingerprint density at radius 3 is 2.69 bits per heavy atom. The van der Waals surface area contributed by atoms with E-state index in [1.807, 2.05) is 18.2 Å². The average molecular weight is 348 g/mol. The van der Waals surface area contributed by atoms with Crippen molar-refractivity contribution in [3.8, 4) is 5.75 Å². The van der Waals surface area contributed by atoms with Crippen LogP contribution in [-0.4, -0.2) is 12.4 Å². The quantitative estimate of drug-likeness (QED) is 0.559. The Labute approximate surface area is 114 Å². The van der Waals surface area contributed by atoms with E-state index in [1.54, 1.807) is 7.11 Å². The van der Waals surface area contributed by atoms with Gasteiger partial charge in [0.1, 0.15) is 5.75 Å². The molecule has 0 saturated carbocycles. The molecule has 0 aromatic heterocycles. The zero-order chi connectivity index (χ0) is 12.2. The van der Waals surface area contributed by atoms with Crippen molar-refractivity contribution >= 4 is 31.9 Å². The molecule has 0 spiro atoms. The number of benzene rings is 1. The molecular formula is C13H16Br2O. The average Bonchev–Trinajstić information content (AvgIpc) is 2.29. The van der Waals surface area contributed by atoms with Crippen LogP contribution in [0.4, 0.5) is 0 Å². The largest absolute Gasteiger partial charge is 0.496 e. The van der Waals surface area contributed by atoms with E-state index in [4.69, 9.17) is 4.74 Å². The molecule has 0 radical (unpaired) electrons.